The second-order valence-electron chi connectivity index (χ2n) is 4.91. The number of carbonyl (C=O) groups is 1. The molecule has 4 aliphatic rings. The maximum Gasteiger partial charge on any atom is 0.308 e. The number of hydrogen-bond donors (Lipinski definition) is 2. The van der Waals surface area contributed by atoms with Crippen molar-refractivity contribution in [3.05, 3.63) is 0 Å². The van der Waals surface area contributed by atoms with Gasteiger partial charge in [-0.15, -0.1) is 0 Å². The Morgan fingerprint density at radius 3 is 2.46 bits per heavy atom. The maximum atomic E-state index is 11.0. The molecule has 4 rings (SSSR count). The van der Waals surface area contributed by atoms with Gasteiger partial charge in [0.1, 0.15) is 0 Å². The van der Waals surface area contributed by atoms with Crippen molar-refractivity contribution in [3.8, 4) is 0 Å². The third kappa shape index (κ3) is 0.857. The number of hydrogen-bond acceptors (Lipinski definition) is 2. The fourth-order valence-electron chi connectivity index (χ4n) is 3.86. The Hall–Kier alpha value is -0.570. The van der Waals surface area contributed by atoms with E-state index in [1.54, 1.807) is 0 Å². The van der Waals surface area contributed by atoms with Crippen LogP contribution < -0.4 is 5.73 Å². The molecule has 4 fully saturated rings. The maximum absolute atomic E-state index is 11.0. The van der Waals surface area contributed by atoms with Gasteiger partial charge in [-0.3, -0.25) is 4.79 Å². The third-order valence-corrected chi connectivity index (χ3v) is 4.48. The van der Waals surface area contributed by atoms with E-state index in [9.17, 15) is 4.79 Å². The first-order chi connectivity index (χ1) is 6.20. The number of carboxylic acids is 1. The zero-order valence-corrected chi connectivity index (χ0v) is 7.52. The van der Waals surface area contributed by atoms with Gasteiger partial charge < -0.3 is 10.8 Å². The Balaban J connectivity index is 1.93. The normalized spacial score (nSPS) is 57.3. The Labute approximate surface area is 77.3 Å². The van der Waals surface area contributed by atoms with Gasteiger partial charge in [-0.1, -0.05) is 0 Å². The fourth-order valence-corrected chi connectivity index (χ4v) is 3.86. The topological polar surface area (TPSA) is 63.3 Å². The van der Waals surface area contributed by atoms with Gasteiger partial charge in [0.2, 0.25) is 0 Å². The average Bonchev–Trinajstić information content (AvgIpc) is 2.83. The van der Waals surface area contributed by atoms with Crippen LogP contribution >= 0.6 is 0 Å². The number of aliphatic carboxylic acids is 1. The van der Waals surface area contributed by atoms with Gasteiger partial charge in [0.05, 0.1) is 5.92 Å². The minimum absolute atomic E-state index is 0.0556. The molecular weight excluding hydrogens is 166 g/mol. The summed E-state index contributed by atoms with van der Waals surface area (Å²) in [5.74, 6) is 1.55. The summed E-state index contributed by atoms with van der Waals surface area (Å²) in [7, 11) is 0. The largest absolute Gasteiger partial charge is 0.481 e. The fraction of sp³-hybridized carbons (Fsp3) is 0.900. The SMILES string of the molecule is N[C@@H]1[C@@H](C(=O)O)[C@H]2CC[C@@H]1C1CC12. The van der Waals surface area contributed by atoms with Crippen LogP contribution in [0.5, 0.6) is 0 Å². The summed E-state index contributed by atoms with van der Waals surface area (Å²) in [6.45, 7) is 0. The highest BCUT2D eigenvalue weighted by Gasteiger charge is 2.62. The summed E-state index contributed by atoms with van der Waals surface area (Å²) in [5, 5.41) is 9.09. The van der Waals surface area contributed by atoms with Crippen molar-refractivity contribution < 1.29 is 9.90 Å². The van der Waals surface area contributed by atoms with E-state index >= 15 is 0 Å². The predicted octanol–water partition coefficient (Wildman–Crippen LogP) is 0.690. The summed E-state index contributed by atoms with van der Waals surface area (Å²) in [4.78, 5) is 11.0. The van der Waals surface area contributed by atoms with Crippen LogP contribution in [0.4, 0.5) is 0 Å². The highest BCUT2D eigenvalue weighted by atomic mass is 16.4. The Bertz CT molecular complexity index is 266. The predicted molar refractivity (Wildman–Crippen MR) is 46.9 cm³/mol. The summed E-state index contributed by atoms with van der Waals surface area (Å²) in [6.07, 6.45) is 3.54. The van der Waals surface area contributed by atoms with Gasteiger partial charge in [0, 0.05) is 6.04 Å². The molecule has 0 heterocycles. The second-order valence-corrected chi connectivity index (χ2v) is 4.91. The van der Waals surface area contributed by atoms with Gasteiger partial charge in [0.25, 0.3) is 0 Å². The highest BCUT2D eigenvalue weighted by molar-refractivity contribution is 5.72. The lowest BCUT2D eigenvalue weighted by atomic mass is 9.62. The molecule has 3 nitrogen and oxygen atoms in total. The molecular formula is C10H15NO2. The van der Waals surface area contributed by atoms with Crippen molar-refractivity contribution in [1.29, 1.82) is 0 Å². The van der Waals surface area contributed by atoms with Gasteiger partial charge in [0.15, 0.2) is 0 Å². The molecule has 13 heavy (non-hydrogen) atoms. The van der Waals surface area contributed by atoms with Gasteiger partial charge >= 0.3 is 5.97 Å². The molecule has 0 aliphatic heterocycles. The van der Waals surface area contributed by atoms with Crippen LogP contribution in [-0.4, -0.2) is 17.1 Å². The first kappa shape index (κ1) is 7.80. The van der Waals surface area contributed by atoms with Gasteiger partial charge in [-0.05, 0) is 42.9 Å². The van der Waals surface area contributed by atoms with Crippen LogP contribution in [0.2, 0.25) is 0 Å². The first-order valence-corrected chi connectivity index (χ1v) is 5.18. The quantitative estimate of drug-likeness (QED) is 0.625. The molecule has 2 bridgehead atoms. The smallest absolute Gasteiger partial charge is 0.308 e. The monoisotopic (exact) mass is 181 g/mol. The van der Waals surface area contributed by atoms with Crippen LogP contribution in [-0.2, 0) is 4.79 Å². The van der Waals surface area contributed by atoms with E-state index in [1.807, 2.05) is 0 Å². The number of carboxylic acid groups (broad SMARTS) is 1. The average molecular weight is 181 g/mol. The van der Waals surface area contributed by atoms with Crippen LogP contribution in [0.1, 0.15) is 19.3 Å². The molecule has 0 aromatic rings. The van der Waals surface area contributed by atoms with Crippen molar-refractivity contribution in [3.63, 3.8) is 0 Å². The van der Waals surface area contributed by atoms with E-state index in [1.165, 1.54) is 12.8 Å². The van der Waals surface area contributed by atoms with E-state index in [-0.39, 0.29) is 12.0 Å². The zero-order chi connectivity index (χ0) is 9.16. The van der Waals surface area contributed by atoms with Gasteiger partial charge in [-0.25, -0.2) is 0 Å². The summed E-state index contributed by atoms with van der Waals surface area (Å²) in [6, 6.07) is -0.0556. The van der Waals surface area contributed by atoms with E-state index in [0.29, 0.717) is 11.8 Å². The van der Waals surface area contributed by atoms with Crippen LogP contribution in [0.15, 0.2) is 0 Å². The minimum Gasteiger partial charge on any atom is -0.481 e. The Morgan fingerprint density at radius 2 is 1.77 bits per heavy atom. The van der Waals surface area contributed by atoms with Crippen molar-refractivity contribution in [2.45, 2.75) is 25.3 Å². The Kier molecular flexibility index (Phi) is 1.36. The summed E-state index contributed by atoms with van der Waals surface area (Å²) < 4.78 is 0. The van der Waals surface area contributed by atoms with Crippen LogP contribution in [0, 0.1) is 29.6 Å². The van der Waals surface area contributed by atoms with E-state index in [2.05, 4.69) is 0 Å². The Morgan fingerprint density at radius 1 is 1.15 bits per heavy atom. The molecule has 4 saturated carbocycles. The molecule has 3 heteroatoms. The molecule has 72 valence electrons. The molecule has 3 N–H and O–H groups in total. The molecule has 6 atom stereocenters. The van der Waals surface area contributed by atoms with Crippen LogP contribution in [0.25, 0.3) is 0 Å². The molecule has 0 amide bonds. The lowest BCUT2D eigenvalue weighted by Crippen LogP contribution is -2.53. The lowest BCUT2D eigenvalue weighted by molar-refractivity contribution is -0.149. The van der Waals surface area contributed by atoms with Crippen molar-refractivity contribution in [1.82, 2.24) is 0 Å². The number of fused-ring (bicyclic) bond motifs is 2. The molecule has 0 radical (unpaired) electrons. The van der Waals surface area contributed by atoms with Crippen LogP contribution in [0.3, 0.4) is 0 Å². The van der Waals surface area contributed by atoms with E-state index < -0.39 is 5.97 Å². The minimum atomic E-state index is -0.660. The standard InChI is InChI=1S/C10H15NO2/c11-9-5-2-1-4(6-3-7(5)6)8(9)10(12)13/h4-9H,1-3,11H2,(H,12,13)/t4-,5+,6?,7?,8-,9-/m0/s1. The zero-order valence-electron chi connectivity index (χ0n) is 7.52. The molecule has 0 aromatic heterocycles. The summed E-state index contributed by atoms with van der Waals surface area (Å²) in [5.41, 5.74) is 6.00. The lowest BCUT2D eigenvalue weighted by Gasteiger charge is -2.44. The molecule has 0 spiro atoms. The van der Waals surface area contributed by atoms with Crippen molar-refractivity contribution >= 4 is 5.97 Å². The highest BCUT2D eigenvalue weighted by Crippen LogP contribution is 2.63. The molecule has 0 saturated heterocycles. The molecule has 4 aliphatic carbocycles. The van der Waals surface area contributed by atoms with E-state index in [0.717, 1.165) is 18.3 Å². The molecule has 0 aromatic carbocycles. The number of rotatable bonds is 1. The molecule has 2 unspecified atom stereocenters. The third-order valence-electron chi connectivity index (χ3n) is 4.48. The van der Waals surface area contributed by atoms with Gasteiger partial charge in [-0.2, -0.15) is 0 Å². The van der Waals surface area contributed by atoms with Crippen molar-refractivity contribution in [2.24, 2.45) is 35.3 Å². The second kappa shape index (κ2) is 2.27. The first-order valence-electron chi connectivity index (χ1n) is 5.18. The summed E-state index contributed by atoms with van der Waals surface area (Å²) >= 11 is 0. The van der Waals surface area contributed by atoms with Crippen molar-refractivity contribution in [2.75, 3.05) is 0 Å². The van der Waals surface area contributed by atoms with E-state index in [4.69, 9.17) is 10.8 Å². The number of nitrogens with two attached hydrogens (primary N) is 1.